The highest BCUT2D eigenvalue weighted by atomic mass is 16.5. The maximum Gasteiger partial charge on any atom is 0.168 e. The summed E-state index contributed by atoms with van der Waals surface area (Å²) in [6.45, 7) is 5.37. The van der Waals surface area contributed by atoms with Gasteiger partial charge < -0.3 is 21.0 Å². The molecule has 100 valence electrons. The summed E-state index contributed by atoms with van der Waals surface area (Å²) in [7, 11) is 0. The molecule has 18 heavy (non-hydrogen) atoms. The minimum Gasteiger partial charge on any atom is -0.409 e. The molecule has 1 unspecified atom stereocenters. The SMILES string of the molecule is Cc1nccc(CNCCOC(C)/C(N)=N/O)n1. The van der Waals surface area contributed by atoms with E-state index < -0.39 is 6.10 Å². The second-order valence-electron chi connectivity index (χ2n) is 3.81. The molecule has 0 bridgehead atoms. The first-order valence-corrected chi connectivity index (χ1v) is 5.71. The Morgan fingerprint density at radius 1 is 1.67 bits per heavy atom. The van der Waals surface area contributed by atoms with Gasteiger partial charge in [0.15, 0.2) is 5.84 Å². The third-order valence-corrected chi connectivity index (χ3v) is 2.32. The highest BCUT2D eigenvalue weighted by molar-refractivity contribution is 5.83. The molecular formula is C11H19N5O2. The van der Waals surface area contributed by atoms with Gasteiger partial charge in [-0.25, -0.2) is 9.97 Å². The summed E-state index contributed by atoms with van der Waals surface area (Å²) in [6.07, 6.45) is 1.34. The number of aromatic nitrogens is 2. The predicted molar refractivity (Wildman–Crippen MR) is 67.3 cm³/mol. The van der Waals surface area contributed by atoms with Gasteiger partial charge in [0.2, 0.25) is 0 Å². The van der Waals surface area contributed by atoms with E-state index in [2.05, 4.69) is 20.4 Å². The van der Waals surface area contributed by atoms with Crippen LogP contribution in [-0.2, 0) is 11.3 Å². The normalized spacial score (nSPS) is 13.6. The summed E-state index contributed by atoms with van der Waals surface area (Å²) >= 11 is 0. The van der Waals surface area contributed by atoms with Crippen molar-refractivity contribution in [3.63, 3.8) is 0 Å². The average Bonchev–Trinajstić information content (AvgIpc) is 2.37. The Morgan fingerprint density at radius 2 is 2.44 bits per heavy atom. The molecule has 1 aromatic heterocycles. The lowest BCUT2D eigenvalue weighted by molar-refractivity contribution is 0.108. The first kappa shape index (κ1) is 14.3. The zero-order chi connectivity index (χ0) is 13.4. The summed E-state index contributed by atoms with van der Waals surface area (Å²) in [6, 6.07) is 1.86. The summed E-state index contributed by atoms with van der Waals surface area (Å²) in [5.41, 5.74) is 6.31. The Morgan fingerprint density at radius 3 is 3.11 bits per heavy atom. The zero-order valence-corrected chi connectivity index (χ0v) is 10.6. The van der Waals surface area contributed by atoms with E-state index in [4.69, 9.17) is 15.7 Å². The summed E-state index contributed by atoms with van der Waals surface area (Å²) in [4.78, 5) is 8.28. The molecule has 0 fully saturated rings. The Hall–Kier alpha value is -1.73. The van der Waals surface area contributed by atoms with E-state index in [1.165, 1.54) is 0 Å². The van der Waals surface area contributed by atoms with Crippen LogP contribution in [0.1, 0.15) is 18.4 Å². The molecule has 0 aromatic carbocycles. The van der Waals surface area contributed by atoms with E-state index in [1.54, 1.807) is 13.1 Å². The van der Waals surface area contributed by atoms with Crippen LogP contribution in [0.15, 0.2) is 17.4 Å². The molecule has 0 aliphatic rings. The molecule has 0 amide bonds. The average molecular weight is 253 g/mol. The van der Waals surface area contributed by atoms with Gasteiger partial charge in [-0.3, -0.25) is 0 Å². The number of rotatable bonds is 7. The van der Waals surface area contributed by atoms with Gasteiger partial charge in [0.05, 0.1) is 12.3 Å². The Labute approximate surface area is 106 Å². The third-order valence-electron chi connectivity index (χ3n) is 2.32. The minimum atomic E-state index is -0.391. The van der Waals surface area contributed by atoms with Crippen LogP contribution in [-0.4, -0.2) is 40.3 Å². The van der Waals surface area contributed by atoms with Crippen molar-refractivity contribution < 1.29 is 9.94 Å². The van der Waals surface area contributed by atoms with Crippen molar-refractivity contribution in [3.05, 3.63) is 23.8 Å². The fourth-order valence-electron chi connectivity index (χ4n) is 1.29. The van der Waals surface area contributed by atoms with Crippen LogP contribution in [0.3, 0.4) is 0 Å². The third kappa shape index (κ3) is 5.07. The number of hydrogen-bond acceptors (Lipinski definition) is 6. The first-order valence-electron chi connectivity index (χ1n) is 5.71. The van der Waals surface area contributed by atoms with E-state index in [0.29, 0.717) is 19.7 Å². The Bertz CT molecular complexity index is 397. The van der Waals surface area contributed by atoms with E-state index in [1.807, 2.05) is 13.0 Å². The van der Waals surface area contributed by atoms with Crippen LogP contribution < -0.4 is 11.1 Å². The second kappa shape index (κ2) is 7.57. The van der Waals surface area contributed by atoms with Gasteiger partial charge in [0.1, 0.15) is 11.9 Å². The summed E-state index contributed by atoms with van der Waals surface area (Å²) in [5.74, 6) is 0.826. The van der Waals surface area contributed by atoms with Gasteiger partial charge in [-0.15, -0.1) is 0 Å². The highest BCUT2D eigenvalue weighted by Gasteiger charge is 2.06. The van der Waals surface area contributed by atoms with Crippen LogP contribution in [0, 0.1) is 6.92 Å². The molecule has 0 spiro atoms. The molecule has 4 N–H and O–H groups in total. The van der Waals surface area contributed by atoms with Gasteiger partial charge in [-0.1, -0.05) is 5.16 Å². The molecular weight excluding hydrogens is 234 g/mol. The number of amidine groups is 1. The van der Waals surface area contributed by atoms with Crippen molar-refractivity contribution in [1.29, 1.82) is 0 Å². The van der Waals surface area contributed by atoms with Crippen molar-refractivity contribution in [3.8, 4) is 0 Å². The molecule has 0 aliphatic carbocycles. The van der Waals surface area contributed by atoms with Gasteiger partial charge in [-0.05, 0) is 19.9 Å². The van der Waals surface area contributed by atoms with Crippen molar-refractivity contribution in [2.24, 2.45) is 10.9 Å². The number of aryl methyl sites for hydroxylation is 1. The number of nitrogens with zero attached hydrogens (tertiary/aromatic N) is 3. The molecule has 7 nitrogen and oxygen atoms in total. The largest absolute Gasteiger partial charge is 0.409 e. The molecule has 1 atom stereocenters. The monoisotopic (exact) mass is 253 g/mol. The fourth-order valence-corrected chi connectivity index (χ4v) is 1.29. The maximum atomic E-state index is 8.44. The molecule has 7 heteroatoms. The minimum absolute atomic E-state index is 0.0708. The van der Waals surface area contributed by atoms with Crippen LogP contribution in [0.25, 0.3) is 0 Å². The van der Waals surface area contributed by atoms with E-state index >= 15 is 0 Å². The first-order chi connectivity index (χ1) is 8.63. The van der Waals surface area contributed by atoms with E-state index in [9.17, 15) is 0 Å². The lowest BCUT2D eigenvalue weighted by Gasteiger charge is -2.11. The molecule has 1 aromatic rings. The Kier molecular flexibility index (Phi) is 6.03. The van der Waals surface area contributed by atoms with Crippen molar-refractivity contribution in [1.82, 2.24) is 15.3 Å². The number of nitrogens with two attached hydrogens (primary N) is 1. The quantitative estimate of drug-likeness (QED) is 0.208. The predicted octanol–water partition coefficient (Wildman–Crippen LogP) is 0.0261. The van der Waals surface area contributed by atoms with E-state index in [-0.39, 0.29) is 5.84 Å². The second-order valence-corrected chi connectivity index (χ2v) is 3.81. The number of hydrogen-bond donors (Lipinski definition) is 3. The maximum absolute atomic E-state index is 8.44. The fraction of sp³-hybridized carbons (Fsp3) is 0.545. The van der Waals surface area contributed by atoms with Gasteiger partial charge in [0, 0.05) is 19.3 Å². The summed E-state index contributed by atoms with van der Waals surface area (Å²) in [5, 5.41) is 14.5. The number of oxime groups is 1. The van der Waals surface area contributed by atoms with Crippen LogP contribution in [0.5, 0.6) is 0 Å². The lowest BCUT2D eigenvalue weighted by Crippen LogP contribution is -2.31. The molecule has 0 radical (unpaired) electrons. The smallest absolute Gasteiger partial charge is 0.168 e. The standard InChI is InChI=1S/C11H19N5O2/c1-8(11(12)16-17)18-6-5-13-7-10-3-4-14-9(2)15-10/h3-4,8,13,17H,5-7H2,1-2H3,(H2,12,16). The molecule has 1 rings (SSSR count). The van der Waals surface area contributed by atoms with Crippen molar-refractivity contribution in [2.45, 2.75) is 26.5 Å². The van der Waals surface area contributed by atoms with Gasteiger partial charge in [0.25, 0.3) is 0 Å². The van der Waals surface area contributed by atoms with Crippen LogP contribution in [0.2, 0.25) is 0 Å². The van der Waals surface area contributed by atoms with Crippen LogP contribution in [0.4, 0.5) is 0 Å². The number of ether oxygens (including phenoxy) is 1. The number of nitrogens with one attached hydrogen (secondary N) is 1. The highest BCUT2D eigenvalue weighted by Crippen LogP contribution is 1.94. The zero-order valence-electron chi connectivity index (χ0n) is 10.6. The molecule has 0 saturated heterocycles. The molecule has 0 saturated carbocycles. The van der Waals surface area contributed by atoms with E-state index in [0.717, 1.165) is 11.5 Å². The molecule has 0 aliphatic heterocycles. The van der Waals surface area contributed by atoms with Gasteiger partial charge in [-0.2, -0.15) is 0 Å². The van der Waals surface area contributed by atoms with Gasteiger partial charge >= 0.3 is 0 Å². The summed E-state index contributed by atoms with van der Waals surface area (Å²) < 4.78 is 5.35. The van der Waals surface area contributed by atoms with Crippen molar-refractivity contribution in [2.75, 3.05) is 13.2 Å². The van der Waals surface area contributed by atoms with Crippen molar-refractivity contribution >= 4 is 5.84 Å². The van der Waals surface area contributed by atoms with Crippen LogP contribution >= 0.6 is 0 Å². The lowest BCUT2D eigenvalue weighted by atomic mass is 10.4. The topological polar surface area (TPSA) is 106 Å². The molecule has 1 heterocycles. The Balaban J connectivity index is 2.16.